The minimum Gasteiger partial charge on any atom is -0.496 e. The Bertz CT molecular complexity index is 680. The lowest BCUT2D eigenvalue weighted by molar-refractivity contribution is 0.102. The Morgan fingerprint density at radius 3 is 2.32 bits per heavy atom. The highest BCUT2D eigenvalue weighted by molar-refractivity contribution is 6.07. The second kappa shape index (κ2) is 8.89. The van der Waals surface area contributed by atoms with Gasteiger partial charge in [-0.3, -0.25) is 4.79 Å². The van der Waals surface area contributed by atoms with Crippen LogP contribution in [0, 0.1) is 0 Å². The normalized spacial score (nSPS) is 10.4. The highest BCUT2D eigenvalue weighted by Crippen LogP contribution is 2.28. The van der Waals surface area contributed by atoms with Gasteiger partial charge in [0.05, 0.1) is 26.1 Å². The van der Waals surface area contributed by atoms with E-state index in [4.69, 9.17) is 9.47 Å². The van der Waals surface area contributed by atoms with E-state index in [1.165, 1.54) is 14.2 Å². The maximum Gasteiger partial charge on any atom is 0.264 e. The Morgan fingerprint density at radius 2 is 1.80 bits per heavy atom. The lowest BCUT2D eigenvalue weighted by Gasteiger charge is -2.13. The fourth-order valence-corrected chi connectivity index (χ4v) is 2.25. The van der Waals surface area contributed by atoms with Crippen molar-refractivity contribution in [3.8, 4) is 11.5 Å². The van der Waals surface area contributed by atoms with Crippen LogP contribution in [0.15, 0.2) is 36.5 Å². The Labute approximate surface area is 148 Å². The Morgan fingerprint density at radius 1 is 1.12 bits per heavy atom. The molecule has 1 heterocycles. The number of carbonyl (C=O) groups excluding carboxylic acids is 1. The molecule has 0 bridgehead atoms. The smallest absolute Gasteiger partial charge is 0.264 e. The van der Waals surface area contributed by atoms with Crippen LogP contribution >= 0.6 is 0 Å². The number of nitrogens with zero attached hydrogens (tertiary/aromatic N) is 2. The molecule has 1 aromatic carbocycles. The number of benzene rings is 1. The van der Waals surface area contributed by atoms with Crippen LogP contribution < -0.4 is 20.1 Å². The predicted octanol–water partition coefficient (Wildman–Crippen LogP) is 2.32. The van der Waals surface area contributed by atoms with E-state index in [0.29, 0.717) is 22.9 Å². The summed E-state index contributed by atoms with van der Waals surface area (Å²) >= 11 is 0. The van der Waals surface area contributed by atoms with Gasteiger partial charge in [-0.2, -0.15) is 0 Å². The van der Waals surface area contributed by atoms with Crippen molar-refractivity contribution in [3.05, 3.63) is 42.1 Å². The highest BCUT2D eigenvalue weighted by atomic mass is 16.5. The van der Waals surface area contributed by atoms with Crippen LogP contribution in [-0.4, -0.2) is 57.2 Å². The van der Waals surface area contributed by atoms with E-state index >= 15 is 0 Å². The second-order valence-corrected chi connectivity index (χ2v) is 5.65. The third-order valence-electron chi connectivity index (χ3n) is 3.55. The number of aromatic nitrogens is 1. The van der Waals surface area contributed by atoms with E-state index in [1.54, 1.807) is 30.5 Å². The molecule has 0 unspecified atom stereocenters. The largest absolute Gasteiger partial charge is 0.496 e. The van der Waals surface area contributed by atoms with Gasteiger partial charge in [0.15, 0.2) is 0 Å². The quantitative estimate of drug-likeness (QED) is 0.765. The molecule has 2 aromatic rings. The highest BCUT2D eigenvalue weighted by Gasteiger charge is 2.18. The molecule has 1 amide bonds. The fourth-order valence-electron chi connectivity index (χ4n) is 2.25. The SMILES string of the molecule is COc1cccc(OC)c1C(=O)Nc1ccc(NCCN(C)C)cn1. The van der Waals surface area contributed by atoms with Crippen molar-refractivity contribution in [1.82, 2.24) is 9.88 Å². The van der Waals surface area contributed by atoms with E-state index in [0.717, 1.165) is 18.8 Å². The monoisotopic (exact) mass is 344 g/mol. The van der Waals surface area contributed by atoms with E-state index in [2.05, 4.69) is 20.5 Å². The van der Waals surface area contributed by atoms with Crippen LogP contribution in [0.25, 0.3) is 0 Å². The van der Waals surface area contributed by atoms with Crippen LogP contribution in [0.3, 0.4) is 0 Å². The first kappa shape index (κ1) is 18.5. The fraction of sp³-hybridized carbons (Fsp3) is 0.333. The number of ether oxygens (including phenoxy) is 2. The summed E-state index contributed by atoms with van der Waals surface area (Å²) in [5.41, 5.74) is 1.23. The molecule has 0 aliphatic rings. The van der Waals surface area contributed by atoms with Gasteiger partial charge in [-0.15, -0.1) is 0 Å². The Kier molecular flexibility index (Phi) is 6.59. The van der Waals surface area contributed by atoms with Crippen LogP contribution in [0.4, 0.5) is 11.5 Å². The minimum atomic E-state index is -0.338. The third-order valence-corrected chi connectivity index (χ3v) is 3.55. The molecule has 0 aliphatic carbocycles. The van der Waals surface area contributed by atoms with Crippen molar-refractivity contribution in [3.63, 3.8) is 0 Å². The molecule has 1 aromatic heterocycles. The summed E-state index contributed by atoms with van der Waals surface area (Å²) in [5, 5.41) is 6.03. The van der Waals surface area contributed by atoms with Crippen LogP contribution in [0.2, 0.25) is 0 Å². The molecule has 25 heavy (non-hydrogen) atoms. The summed E-state index contributed by atoms with van der Waals surface area (Å²) in [6.45, 7) is 1.74. The number of amides is 1. The summed E-state index contributed by atoms with van der Waals surface area (Å²) in [5.74, 6) is 1.00. The van der Waals surface area contributed by atoms with Crippen LogP contribution in [-0.2, 0) is 0 Å². The first-order valence-corrected chi connectivity index (χ1v) is 7.92. The zero-order valence-corrected chi connectivity index (χ0v) is 15.0. The molecule has 2 N–H and O–H groups in total. The van der Waals surface area contributed by atoms with Gasteiger partial charge in [0.1, 0.15) is 22.9 Å². The van der Waals surface area contributed by atoms with Crippen molar-refractivity contribution >= 4 is 17.4 Å². The number of rotatable bonds is 8. The number of likely N-dealkylation sites (N-methyl/N-ethyl adjacent to an activating group) is 1. The summed E-state index contributed by atoms with van der Waals surface area (Å²) in [4.78, 5) is 18.9. The standard InChI is InChI=1S/C18H24N4O3/c1-22(2)11-10-19-13-8-9-16(20-12-13)21-18(23)17-14(24-3)6-5-7-15(17)25-4/h5-9,12,19H,10-11H2,1-4H3,(H,20,21,23). The van der Waals surface area contributed by atoms with E-state index in [-0.39, 0.29) is 5.91 Å². The number of carbonyl (C=O) groups is 1. The maximum absolute atomic E-state index is 12.6. The molecule has 134 valence electrons. The summed E-state index contributed by atoms with van der Waals surface area (Å²) in [6.07, 6.45) is 1.69. The number of hydrogen-bond acceptors (Lipinski definition) is 6. The molecule has 0 aliphatic heterocycles. The molecule has 7 heteroatoms. The average molecular weight is 344 g/mol. The molecule has 7 nitrogen and oxygen atoms in total. The number of hydrogen-bond donors (Lipinski definition) is 2. The van der Waals surface area contributed by atoms with Gasteiger partial charge in [-0.05, 0) is 38.4 Å². The number of nitrogens with one attached hydrogen (secondary N) is 2. The number of methoxy groups -OCH3 is 2. The van der Waals surface area contributed by atoms with Crippen molar-refractivity contribution in [2.24, 2.45) is 0 Å². The van der Waals surface area contributed by atoms with Gasteiger partial charge in [-0.1, -0.05) is 6.07 Å². The van der Waals surface area contributed by atoms with Crippen LogP contribution in [0.5, 0.6) is 11.5 Å². The molecular weight excluding hydrogens is 320 g/mol. The molecule has 0 saturated carbocycles. The summed E-state index contributed by atoms with van der Waals surface area (Å²) < 4.78 is 10.5. The zero-order valence-electron chi connectivity index (χ0n) is 15.0. The lowest BCUT2D eigenvalue weighted by atomic mass is 10.1. The van der Waals surface area contributed by atoms with Crippen molar-refractivity contribution in [1.29, 1.82) is 0 Å². The molecule has 2 rings (SSSR count). The molecule has 0 radical (unpaired) electrons. The average Bonchev–Trinajstić information content (AvgIpc) is 2.62. The maximum atomic E-state index is 12.6. The first-order chi connectivity index (χ1) is 12.0. The van der Waals surface area contributed by atoms with Gasteiger partial charge < -0.3 is 25.0 Å². The van der Waals surface area contributed by atoms with Gasteiger partial charge in [-0.25, -0.2) is 4.98 Å². The van der Waals surface area contributed by atoms with Crippen LogP contribution in [0.1, 0.15) is 10.4 Å². The number of anilines is 2. The predicted molar refractivity (Wildman–Crippen MR) is 98.8 cm³/mol. The molecule has 0 fully saturated rings. The third kappa shape index (κ3) is 5.09. The Hall–Kier alpha value is -2.80. The van der Waals surface area contributed by atoms with E-state index in [1.807, 2.05) is 20.2 Å². The summed E-state index contributed by atoms with van der Waals surface area (Å²) in [7, 11) is 7.06. The van der Waals surface area contributed by atoms with Gasteiger partial charge >= 0.3 is 0 Å². The minimum absolute atomic E-state index is 0.336. The van der Waals surface area contributed by atoms with Gasteiger partial charge in [0, 0.05) is 13.1 Å². The van der Waals surface area contributed by atoms with Gasteiger partial charge in [0.25, 0.3) is 5.91 Å². The molecule has 0 spiro atoms. The van der Waals surface area contributed by atoms with E-state index in [9.17, 15) is 4.79 Å². The van der Waals surface area contributed by atoms with Crippen molar-refractivity contribution < 1.29 is 14.3 Å². The molecule has 0 atom stereocenters. The lowest BCUT2D eigenvalue weighted by Crippen LogP contribution is -2.20. The number of pyridine rings is 1. The van der Waals surface area contributed by atoms with Crippen molar-refractivity contribution in [2.45, 2.75) is 0 Å². The topological polar surface area (TPSA) is 75.7 Å². The second-order valence-electron chi connectivity index (χ2n) is 5.65. The molecular formula is C18H24N4O3. The van der Waals surface area contributed by atoms with Gasteiger partial charge in [0.2, 0.25) is 0 Å². The summed E-state index contributed by atoms with van der Waals surface area (Å²) in [6, 6.07) is 8.81. The zero-order chi connectivity index (χ0) is 18.2. The van der Waals surface area contributed by atoms with E-state index < -0.39 is 0 Å². The van der Waals surface area contributed by atoms with Crippen molar-refractivity contribution in [2.75, 3.05) is 52.0 Å². The molecule has 0 saturated heterocycles. The first-order valence-electron chi connectivity index (χ1n) is 7.92. The Balaban J connectivity index is 2.06.